The lowest BCUT2D eigenvalue weighted by Gasteiger charge is -2.10. The number of carbonyl (C=O) groups is 1. The topological polar surface area (TPSA) is 57.7 Å². The smallest absolute Gasteiger partial charge is 0.311 e. The molecule has 0 unspecified atom stereocenters. The summed E-state index contributed by atoms with van der Waals surface area (Å²) in [4.78, 5) is 15.9. The van der Waals surface area contributed by atoms with Gasteiger partial charge in [0.1, 0.15) is 5.01 Å². The maximum Gasteiger partial charge on any atom is 0.311 e. The van der Waals surface area contributed by atoms with Crippen molar-refractivity contribution >= 4 is 17.3 Å². The van der Waals surface area contributed by atoms with Gasteiger partial charge in [0, 0.05) is 5.38 Å². The minimum Gasteiger partial charge on any atom is -0.493 e. The van der Waals surface area contributed by atoms with Gasteiger partial charge in [-0.3, -0.25) is 4.79 Å². The van der Waals surface area contributed by atoms with Crippen molar-refractivity contribution in [1.82, 2.24) is 4.98 Å². The molecule has 5 nitrogen and oxygen atoms in total. The molecule has 0 spiro atoms. The lowest BCUT2D eigenvalue weighted by molar-refractivity contribution is -0.142. The summed E-state index contributed by atoms with van der Waals surface area (Å²) in [6.07, 6.45) is 0.177. The highest BCUT2D eigenvalue weighted by atomic mass is 32.1. The van der Waals surface area contributed by atoms with Gasteiger partial charge in [-0.1, -0.05) is 6.07 Å². The Kier molecular flexibility index (Phi) is 5.16. The number of ether oxygens (including phenoxy) is 3. The molecule has 21 heavy (non-hydrogen) atoms. The molecular formula is C15H17NO4S. The Bertz CT molecular complexity index is 624. The van der Waals surface area contributed by atoms with Crippen molar-refractivity contribution in [1.29, 1.82) is 0 Å². The van der Waals surface area contributed by atoms with Crippen LogP contribution in [-0.4, -0.2) is 31.8 Å². The van der Waals surface area contributed by atoms with Crippen molar-refractivity contribution in [3.8, 4) is 22.1 Å². The Morgan fingerprint density at radius 2 is 2.10 bits per heavy atom. The van der Waals surface area contributed by atoms with Crippen LogP contribution in [0, 0.1) is 0 Å². The fraction of sp³-hybridized carbons (Fsp3) is 0.333. The first-order valence-electron chi connectivity index (χ1n) is 6.51. The van der Waals surface area contributed by atoms with Crippen LogP contribution in [0.5, 0.6) is 11.5 Å². The number of aromatic nitrogens is 1. The minimum atomic E-state index is -0.271. The standard InChI is InChI=1S/C15H17NO4S/c1-4-20-13(17)8-10-9-21-15(16-10)11-6-5-7-12(18-2)14(11)19-3/h5-7,9H,4,8H2,1-3H3. The van der Waals surface area contributed by atoms with Gasteiger partial charge in [-0.2, -0.15) is 0 Å². The summed E-state index contributed by atoms with van der Waals surface area (Å²) in [6.45, 7) is 2.16. The molecule has 2 aromatic rings. The van der Waals surface area contributed by atoms with E-state index in [2.05, 4.69) is 4.98 Å². The molecule has 0 bridgehead atoms. The normalized spacial score (nSPS) is 10.2. The molecule has 0 radical (unpaired) electrons. The van der Waals surface area contributed by atoms with Gasteiger partial charge in [0.05, 0.1) is 38.5 Å². The fourth-order valence-electron chi connectivity index (χ4n) is 1.93. The predicted octanol–water partition coefficient (Wildman–Crippen LogP) is 2.93. The number of hydrogen-bond donors (Lipinski definition) is 0. The van der Waals surface area contributed by atoms with Gasteiger partial charge in [-0.25, -0.2) is 4.98 Å². The van der Waals surface area contributed by atoms with Crippen LogP contribution in [0.4, 0.5) is 0 Å². The van der Waals surface area contributed by atoms with Crippen molar-refractivity contribution in [3.05, 3.63) is 29.3 Å². The number of benzene rings is 1. The van der Waals surface area contributed by atoms with Gasteiger partial charge < -0.3 is 14.2 Å². The van der Waals surface area contributed by atoms with E-state index in [0.717, 1.165) is 10.6 Å². The molecule has 0 aliphatic heterocycles. The number of methoxy groups -OCH3 is 2. The van der Waals surface area contributed by atoms with Gasteiger partial charge in [0.25, 0.3) is 0 Å². The van der Waals surface area contributed by atoms with Crippen molar-refractivity contribution in [2.75, 3.05) is 20.8 Å². The van der Waals surface area contributed by atoms with Crippen molar-refractivity contribution in [3.63, 3.8) is 0 Å². The van der Waals surface area contributed by atoms with Crippen LogP contribution in [0.25, 0.3) is 10.6 Å². The number of esters is 1. The van der Waals surface area contributed by atoms with Gasteiger partial charge in [0.2, 0.25) is 0 Å². The summed E-state index contributed by atoms with van der Waals surface area (Å²) in [5.74, 6) is 1.01. The summed E-state index contributed by atoms with van der Waals surface area (Å²) in [5.41, 5.74) is 1.54. The van der Waals surface area contributed by atoms with Crippen LogP contribution in [0.15, 0.2) is 23.6 Å². The van der Waals surface area contributed by atoms with Crippen LogP contribution >= 0.6 is 11.3 Å². The van der Waals surface area contributed by atoms with Crippen LogP contribution in [0.3, 0.4) is 0 Å². The first kappa shape index (κ1) is 15.3. The summed E-state index contributed by atoms with van der Waals surface area (Å²) >= 11 is 1.46. The van der Waals surface area contributed by atoms with Gasteiger partial charge >= 0.3 is 5.97 Å². The second-order valence-corrected chi connectivity index (χ2v) is 5.02. The molecule has 112 valence electrons. The first-order valence-corrected chi connectivity index (χ1v) is 7.39. The van der Waals surface area contributed by atoms with E-state index in [1.165, 1.54) is 11.3 Å². The molecule has 0 aliphatic carbocycles. The molecule has 0 saturated heterocycles. The van der Waals surface area contributed by atoms with Crippen molar-refractivity contribution in [2.45, 2.75) is 13.3 Å². The molecule has 1 aromatic heterocycles. The number of para-hydroxylation sites is 1. The predicted molar refractivity (Wildman–Crippen MR) is 81.0 cm³/mol. The fourth-order valence-corrected chi connectivity index (χ4v) is 2.77. The summed E-state index contributed by atoms with van der Waals surface area (Å²) in [6, 6.07) is 5.62. The second kappa shape index (κ2) is 7.08. The highest BCUT2D eigenvalue weighted by Gasteiger charge is 2.15. The second-order valence-electron chi connectivity index (χ2n) is 4.17. The molecule has 0 fully saturated rings. The molecule has 2 rings (SSSR count). The molecule has 1 aromatic carbocycles. The Balaban J connectivity index is 2.27. The van der Waals surface area contributed by atoms with Gasteiger partial charge in [0.15, 0.2) is 11.5 Å². The van der Waals surface area contributed by atoms with Gasteiger partial charge in [-0.15, -0.1) is 11.3 Å². The SMILES string of the molecule is CCOC(=O)Cc1csc(-c2cccc(OC)c2OC)n1. The monoisotopic (exact) mass is 307 g/mol. The number of thiazole rings is 1. The summed E-state index contributed by atoms with van der Waals surface area (Å²) in [7, 11) is 3.18. The number of hydrogen-bond acceptors (Lipinski definition) is 6. The average Bonchev–Trinajstić information content (AvgIpc) is 2.94. The van der Waals surface area contributed by atoms with E-state index in [-0.39, 0.29) is 12.4 Å². The molecule has 0 saturated carbocycles. The molecule has 0 aliphatic rings. The van der Waals surface area contributed by atoms with E-state index in [1.54, 1.807) is 21.1 Å². The molecule has 1 heterocycles. The zero-order valence-electron chi connectivity index (χ0n) is 12.2. The maximum atomic E-state index is 11.5. The van der Waals surface area contributed by atoms with Crippen LogP contribution in [0.2, 0.25) is 0 Å². The van der Waals surface area contributed by atoms with Crippen LogP contribution in [-0.2, 0) is 16.0 Å². The van der Waals surface area contributed by atoms with E-state index in [9.17, 15) is 4.79 Å². The molecule has 0 N–H and O–H groups in total. The Hall–Kier alpha value is -2.08. The van der Waals surface area contributed by atoms with E-state index >= 15 is 0 Å². The third-order valence-electron chi connectivity index (χ3n) is 2.82. The maximum absolute atomic E-state index is 11.5. The number of rotatable bonds is 6. The molecule has 6 heteroatoms. The molecular weight excluding hydrogens is 290 g/mol. The van der Waals surface area contributed by atoms with Crippen molar-refractivity contribution in [2.24, 2.45) is 0 Å². The third-order valence-corrected chi connectivity index (χ3v) is 3.74. The first-order chi connectivity index (χ1) is 10.2. The van der Waals surface area contributed by atoms with Gasteiger partial charge in [-0.05, 0) is 19.1 Å². The molecule has 0 atom stereocenters. The summed E-state index contributed by atoms with van der Waals surface area (Å²) in [5, 5.41) is 2.63. The highest BCUT2D eigenvalue weighted by molar-refractivity contribution is 7.13. The van der Waals surface area contributed by atoms with Crippen molar-refractivity contribution < 1.29 is 19.0 Å². The minimum absolute atomic E-state index is 0.177. The average molecular weight is 307 g/mol. The van der Waals surface area contributed by atoms with E-state index in [0.29, 0.717) is 23.8 Å². The Morgan fingerprint density at radius 3 is 2.76 bits per heavy atom. The lowest BCUT2D eigenvalue weighted by Crippen LogP contribution is -2.07. The zero-order valence-corrected chi connectivity index (χ0v) is 13.0. The van der Waals surface area contributed by atoms with E-state index < -0.39 is 0 Å². The lowest BCUT2D eigenvalue weighted by atomic mass is 10.2. The Labute approximate surface area is 127 Å². The van der Waals surface area contributed by atoms with E-state index in [4.69, 9.17) is 14.2 Å². The third kappa shape index (κ3) is 3.52. The summed E-state index contributed by atoms with van der Waals surface area (Å²) < 4.78 is 15.6. The highest BCUT2D eigenvalue weighted by Crippen LogP contribution is 2.38. The molecule has 0 amide bonds. The quantitative estimate of drug-likeness (QED) is 0.768. The van der Waals surface area contributed by atoms with E-state index in [1.807, 2.05) is 23.6 Å². The number of carbonyl (C=O) groups excluding carboxylic acids is 1. The Morgan fingerprint density at radius 1 is 1.29 bits per heavy atom. The number of nitrogens with zero attached hydrogens (tertiary/aromatic N) is 1. The van der Waals surface area contributed by atoms with Crippen LogP contribution < -0.4 is 9.47 Å². The largest absolute Gasteiger partial charge is 0.493 e. The zero-order chi connectivity index (χ0) is 15.2. The van der Waals surface area contributed by atoms with Crippen LogP contribution in [0.1, 0.15) is 12.6 Å².